The van der Waals surface area contributed by atoms with Crippen molar-refractivity contribution in [1.82, 2.24) is 5.32 Å². The van der Waals surface area contributed by atoms with Crippen molar-refractivity contribution in [3.05, 3.63) is 17.7 Å². The lowest BCUT2D eigenvalue weighted by Crippen LogP contribution is -2.32. The standard InChI is InChI=1S/C15H16F9NO3/c1-12(2,3)11(25-4)10-8(27-14(19,20)21)5-7(26-13(16,17)18)6-9(10)28-15(22,23)24/h5-6,11,25H,1-4H3. The van der Waals surface area contributed by atoms with Crippen LogP contribution in [0.25, 0.3) is 0 Å². The summed E-state index contributed by atoms with van der Waals surface area (Å²) in [7, 11) is 1.24. The summed E-state index contributed by atoms with van der Waals surface area (Å²) in [5.41, 5.74) is -1.77. The second-order valence-corrected chi connectivity index (χ2v) is 6.56. The van der Waals surface area contributed by atoms with Crippen LogP contribution in [0.2, 0.25) is 0 Å². The Morgan fingerprint density at radius 2 is 1.07 bits per heavy atom. The molecule has 0 saturated heterocycles. The maximum absolute atomic E-state index is 12.8. The molecule has 13 heteroatoms. The van der Waals surface area contributed by atoms with Crippen LogP contribution in [-0.2, 0) is 0 Å². The lowest BCUT2D eigenvalue weighted by atomic mass is 9.81. The third kappa shape index (κ3) is 7.52. The van der Waals surface area contributed by atoms with E-state index >= 15 is 0 Å². The fourth-order valence-corrected chi connectivity index (χ4v) is 2.48. The maximum Gasteiger partial charge on any atom is 0.573 e. The van der Waals surface area contributed by atoms with E-state index in [1.54, 1.807) is 0 Å². The third-order valence-electron chi connectivity index (χ3n) is 3.21. The summed E-state index contributed by atoms with van der Waals surface area (Å²) in [6.07, 6.45) is -16.2. The number of halogens is 9. The quantitative estimate of drug-likeness (QED) is 0.611. The summed E-state index contributed by atoms with van der Waals surface area (Å²) in [5, 5.41) is 2.52. The van der Waals surface area contributed by atoms with Crippen molar-refractivity contribution >= 4 is 0 Å². The smallest absolute Gasteiger partial charge is 0.406 e. The second-order valence-electron chi connectivity index (χ2n) is 6.56. The summed E-state index contributed by atoms with van der Waals surface area (Å²) < 4.78 is 125. The van der Waals surface area contributed by atoms with Gasteiger partial charge >= 0.3 is 19.1 Å². The van der Waals surface area contributed by atoms with Gasteiger partial charge in [-0.3, -0.25) is 0 Å². The Balaban J connectivity index is 3.78. The highest BCUT2D eigenvalue weighted by Crippen LogP contribution is 2.47. The zero-order chi connectivity index (χ0) is 22.1. The number of alkyl halides is 9. The molecule has 1 aromatic rings. The van der Waals surface area contributed by atoms with Crippen molar-refractivity contribution in [3.63, 3.8) is 0 Å². The van der Waals surface area contributed by atoms with Crippen LogP contribution in [0.3, 0.4) is 0 Å². The van der Waals surface area contributed by atoms with Gasteiger partial charge in [-0.25, -0.2) is 0 Å². The van der Waals surface area contributed by atoms with Crippen molar-refractivity contribution < 1.29 is 53.7 Å². The average Bonchev–Trinajstić information content (AvgIpc) is 2.35. The summed E-state index contributed by atoms with van der Waals surface area (Å²) in [4.78, 5) is 0. The minimum atomic E-state index is -5.41. The van der Waals surface area contributed by atoms with Gasteiger partial charge in [-0.15, -0.1) is 39.5 Å². The van der Waals surface area contributed by atoms with E-state index in [9.17, 15) is 39.5 Å². The van der Waals surface area contributed by atoms with Crippen LogP contribution in [0.15, 0.2) is 12.1 Å². The molecule has 0 amide bonds. The Morgan fingerprint density at radius 3 is 1.32 bits per heavy atom. The van der Waals surface area contributed by atoms with Crippen molar-refractivity contribution in [2.24, 2.45) is 5.41 Å². The Hall–Kier alpha value is -2.05. The molecule has 1 N–H and O–H groups in total. The van der Waals surface area contributed by atoms with Gasteiger partial charge in [-0.2, -0.15) is 0 Å². The van der Waals surface area contributed by atoms with Crippen molar-refractivity contribution in [1.29, 1.82) is 0 Å². The highest BCUT2D eigenvalue weighted by molar-refractivity contribution is 5.53. The molecule has 0 spiro atoms. The highest BCUT2D eigenvalue weighted by Gasteiger charge is 2.41. The van der Waals surface area contributed by atoms with Gasteiger partial charge < -0.3 is 19.5 Å². The van der Waals surface area contributed by atoms with Gasteiger partial charge in [-0.05, 0) is 12.5 Å². The first kappa shape index (κ1) is 24.0. The van der Waals surface area contributed by atoms with E-state index < -0.39 is 53.4 Å². The molecule has 0 bridgehead atoms. The number of hydrogen-bond donors (Lipinski definition) is 1. The molecule has 4 nitrogen and oxygen atoms in total. The predicted octanol–water partition coefficient (Wildman–Crippen LogP) is 5.69. The molecule has 1 unspecified atom stereocenters. The molecule has 1 atom stereocenters. The van der Waals surface area contributed by atoms with Crippen LogP contribution in [0.1, 0.15) is 32.4 Å². The number of rotatable bonds is 5. The zero-order valence-corrected chi connectivity index (χ0v) is 14.9. The fourth-order valence-electron chi connectivity index (χ4n) is 2.48. The van der Waals surface area contributed by atoms with Crippen molar-refractivity contribution in [2.75, 3.05) is 7.05 Å². The Morgan fingerprint density at radius 1 is 0.714 bits per heavy atom. The first-order valence-electron chi connectivity index (χ1n) is 7.45. The SMILES string of the molecule is CNC(c1c(OC(F)(F)F)cc(OC(F)(F)F)cc1OC(F)(F)F)C(C)(C)C. The van der Waals surface area contributed by atoms with Gasteiger partial charge in [-0.1, -0.05) is 20.8 Å². The van der Waals surface area contributed by atoms with Gasteiger partial charge in [0.05, 0.1) is 5.56 Å². The van der Waals surface area contributed by atoms with Crippen LogP contribution in [0.4, 0.5) is 39.5 Å². The van der Waals surface area contributed by atoms with Crippen LogP contribution in [0, 0.1) is 5.41 Å². The van der Waals surface area contributed by atoms with Crippen molar-refractivity contribution in [3.8, 4) is 17.2 Å². The van der Waals surface area contributed by atoms with E-state index in [-0.39, 0.29) is 12.1 Å². The van der Waals surface area contributed by atoms with Crippen molar-refractivity contribution in [2.45, 2.75) is 45.9 Å². The van der Waals surface area contributed by atoms with E-state index in [1.165, 1.54) is 27.8 Å². The van der Waals surface area contributed by atoms with Gasteiger partial charge in [0.2, 0.25) is 0 Å². The molecule has 28 heavy (non-hydrogen) atoms. The monoisotopic (exact) mass is 429 g/mol. The molecule has 1 aromatic carbocycles. The average molecular weight is 429 g/mol. The third-order valence-corrected chi connectivity index (χ3v) is 3.21. The lowest BCUT2D eigenvalue weighted by molar-refractivity contribution is -0.279. The van der Waals surface area contributed by atoms with Crippen LogP contribution >= 0.6 is 0 Å². The minimum absolute atomic E-state index is 0.190. The highest BCUT2D eigenvalue weighted by atomic mass is 19.4. The summed E-state index contributed by atoms with van der Waals surface area (Å²) >= 11 is 0. The van der Waals surface area contributed by atoms with E-state index in [4.69, 9.17) is 0 Å². The van der Waals surface area contributed by atoms with E-state index in [0.29, 0.717) is 0 Å². The van der Waals surface area contributed by atoms with Crippen LogP contribution in [0.5, 0.6) is 17.2 Å². The first-order valence-corrected chi connectivity index (χ1v) is 7.45. The molecule has 0 fully saturated rings. The topological polar surface area (TPSA) is 39.7 Å². The molecule has 0 aromatic heterocycles. The minimum Gasteiger partial charge on any atom is -0.406 e. The Bertz CT molecular complexity index is 638. The maximum atomic E-state index is 12.8. The predicted molar refractivity (Wildman–Crippen MR) is 77.7 cm³/mol. The molecular weight excluding hydrogens is 413 g/mol. The number of benzene rings is 1. The summed E-state index contributed by atoms with van der Waals surface area (Å²) in [5.74, 6) is -4.04. The molecule has 1 rings (SSSR count). The van der Waals surface area contributed by atoms with Crippen LogP contribution < -0.4 is 19.5 Å². The molecule has 0 saturated carbocycles. The van der Waals surface area contributed by atoms with Crippen LogP contribution in [-0.4, -0.2) is 26.1 Å². The van der Waals surface area contributed by atoms with Gasteiger partial charge in [0, 0.05) is 18.2 Å². The van der Waals surface area contributed by atoms with Gasteiger partial charge in [0.25, 0.3) is 0 Å². The van der Waals surface area contributed by atoms with E-state index in [2.05, 4.69) is 19.5 Å². The first-order chi connectivity index (χ1) is 12.3. The van der Waals surface area contributed by atoms with E-state index in [0.717, 1.165) is 0 Å². The molecule has 0 aliphatic rings. The summed E-state index contributed by atoms with van der Waals surface area (Å²) in [6.45, 7) is 4.43. The molecule has 0 aliphatic heterocycles. The lowest BCUT2D eigenvalue weighted by Gasteiger charge is -2.33. The molecule has 162 valence electrons. The fraction of sp³-hybridized carbons (Fsp3) is 0.600. The Labute approximate surface area is 153 Å². The largest absolute Gasteiger partial charge is 0.573 e. The molecule has 0 heterocycles. The van der Waals surface area contributed by atoms with E-state index in [1.807, 2.05) is 0 Å². The molecule has 0 aliphatic carbocycles. The number of hydrogen-bond acceptors (Lipinski definition) is 4. The summed E-state index contributed by atoms with van der Waals surface area (Å²) in [6, 6.07) is -0.854. The Kier molecular flexibility index (Phi) is 6.65. The normalized spacial score (nSPS) is 14.6. The number of ether oxygens (including phenoxy) is 3. The molecular formula is C15H16F9NO3. The second kappa shape index (κ2) is 7.76. The zero-order valence-electron chi connectivity index (χ0n) is 14.9. The van der Waals surface area contributed by atoms with Gasteiger partial charge in [0.15, 0.2) is 0 Å². The number of nitrogens with one attached hydrogen (secondary N) is 1. The molecule has 0 radical (unpaired) electrons. The van der Waals surface area contributed by atoms with Gasteiger partial charge in [0.1, 0.15) is 17.2 Å².